The highest BCUT2D eigenvalue weighted by Crippen LogP contribution is 2.06. The van der Waals surface area contributed by atoms with Gasteiger partial charge in [0.05, 0.1) is 13.2 Å². The minimum absolute atomic E-state index is 0.0475. The van der Waals surface area contributed by atoms with Gasteiger partial charge in [-0.3, -0.25) is 4.79 Å². The van der Waals surface area contributed by atoms with Crippen LogP contribution in [-0.4, -0.2) is 37.4 Å². The molecule has 0 saturated carbocycles. The topological polar surface area (TPSA) is 58.6 Å². The molecule has 0 spiro atoms. The van der Waals surface area contributed by atoms with Crippen LogP contribution in [0.25, 0.3) is 0 Å². The Bertz CT molecular complexity index is 267. The molecule has 0 unspecified atom stereocenters. The Labute approximate surface area is 136 Å². The van der Waals surface area contributed by atoms with Crippen LogP contribution in [0.4, 0.5) is 0 Å². The molecule has 0 radical (unpaired) electrons. The number of unbranched alkanes of at least 4 members (excludes halogenated alkanes) is 6. The van der Waals surface area contributed by atoms with Crippen LogP contribution in [0.2, 0.25) is 0 Å². The smallest absolute Gasteiger partial charge is 0.305 e. The summed E-state index contributed by atoms with van der Waals surface area (Å²) in [5.74, 6) is -0.0475. The lowest BCUT2D eigenvalue weighted by Gasteiger charge is -2.05. The van der Waals surface area contributed by atoms with Crippen LogP contribution in [0.3, 0.4) is 0 Å². The van der Waals surface area contributed by atoms with Crippen molar-refractivity contribution < 1.29 is 14.6 Å². The molecule has 0 amide bonds. The molecule has 0 rings (SSSR count). The molecule has 0 fully saturated rings. The van der Waals surface area contributed by atoms with Gasteiger partial charge in [0.2, 0.25) is 0 Å². The van der Waals surface area contributed by atoms with Crippen molar-refractivity contribution in [2.75, 3.05) is 26.3 Å². The average Bonchev–Trinajstić information content (AvgIpc) is 2.52. The van der Waals surface area contributed by atoms with E-state index >= 15 is 0 Å². The molecular formula is C18H35NO3. The van der Waals surface area contributed by atoms with Crippen LogP contribution >= 0.6 is 0 Å². The second-order valence-corrected chi connectivity index (χ2v) is 5.59. The first kappa shape index (κ1) is 21.1. The van der Waals surface area contributed by atoms with Crippen LogP contribution in [0.5, 0.6) is 0 Å². The molecule has 0 aliphatic heterocycles. The monoisotopic (exact) mass is 313 g/mol. The highest BCUT2D eigenvalue weighted by molar-refractivity contribution is 5.69. The second-order valence-electron chi connectivity index (χ2n) is 5.59. The highest BCUT2D eigenvalue weighted by atomic mass is 16.5. The average molecular weight is 313 g/mol. The van der Waals surface area contributed by atoms with Crippen molar-refractivity contribution in [1.82, 2.24) is 5.32 Å². The first-order valence-electron chi connectivity index (χ1n) is 8.93. The van der Waals surface area contributed by atoms with Crippen LogP contribution in [0.1, 0.15) is 71.1 Å². The van der Waals surface area contributed by atoms with E-state index in [-0.39, 0.29) is 12.6 Å². The van der Waals surface area contributed by atoms with Crippen LogP contribution < -0.4 is 5.32 Å². The number of rotatable bonds is 16. The van der Waals surface area contributed by atoms with Gasteiger partial charge in [-0.2, -0.15) is 0 Å². The molecule has 0 aromatic rings. The summed E-state index contributed by atoms with van der Waals surface area (Å²) >= 11 is 0. The Morgan fingerprint density at radius 1 is 1.00 bits per heavy atom. The van der Waals surface area contributed by atoms with Gasteiger partial charge in [0.15, 0.2) is 0 Å². The second kappa shape index (κ2) is 18.2. The van der Waals surface area contributed by atoms with E-state index in [1.165, 1.54) is 6.42 Å². The van der Waals surface area contributed by atoms with Gasteiger partial charge in [0.25, 0.3) is 0 Å². The number of allylic oxidation sites excluding steroid dienone is 2. The zero-order valence-corrected chi connectivity index (χ0v) is 14.3. The lowest BCUT2D eigenvalue weighted by Crippen LogP contribution is -2.19. The number of nitrogens with one attached hydrogen (secondary N) is 1. The summed E-state index contributed by atoms with van der Waals surface area (Å²) in [5, 5.41) is 11.8. The first-order chi connectivity index (χ1) is 10.8. The van der Waals surface area contributed by atoms with Gasteiger partial charge in [-0.1, -0.05) is 38.3 Å². The Kier molecular flexibility index (Phi) is 17.5. The predicted octanol–water partition coefficient (Wildman–Crippen LogP) is 3.59. The zero-order valence-electron chi connectivity index (χ0n) is 14.3. The maximum atomic E-state index is 11.5. The number of aliphatic hydroxyl groups is 1. The third kappa shape index (κ3) is 17.2. The molecule has 4 nitrogen and oxygen atoms in total. The van der Waals surface area contributed by atoms with Crippen molar-refractivity contribution in [2.24, 2.45) is 0 Å². The van der Waals surface area contributed by atoms with E-state index in [1.54, 1.807) is 0 Å². The van der Waals surface area contributed by atoms with E-state index in [0.717, 1.165) is 57.9 Å². The van der Waals surface area contributed by atoms with Gasteiger partial charge < -0.3 is 15.2 Å². The van der Waals surface area contributed by atoms with Crippen LogP contribution in [0, 0.1) is 0 Å². The summed E-state index contributed by atoms with van der Waals surface area (Å²) in [5.41, 5.74) is 0. The van der Waals surface area contributed by atoms with E-state index in [1.807, 2.05) is 0 Å². The first-order valence-corrected chi connectivity index (χ1v) is 8.93. The highest BCUT2D eigenvalue weighted by Gasteiger charge is 2.02. The Morgan fingerprint density at radius 3 is 2.55 bits per heavy atom. The molecule has 2 N–H and O–H groups in total. The molecule has 0 aliphatic carbocycles. The summed E-state index contributed by atoms with van der Waals surface area (Å²) in [7, 11) is 0. The SMILES string of the molecule is CC/C=C\CCCCOC(=O)CCCCCCCNCCO. The predicted molar refractivity (Wildman–Crippen MR) is 91.9 cm³/mol. The lowest BCUT2D eigenvalue weighted by molar-refractivity contribution is -0.143. The number of hydrogen-bond acceptors (Lipinski definition) is 4. The summed E-state index contributed by atoms with van der Waals surface area (Å²) in [6, 6.07) is 0. The Morgan fingerprint density at radius 2 is 1.77 bits per heavy atom. The quantitative estimate of drug-likeness (QED) is 0.260. The van der Waals surface area contributed by atoms with Gasteiger partial charge in [0.1, 0.15) is 0 Å². The van der Waals surface area contributed by atoms with E-state index in [4.69, 9.17) is 9.84 Å². The minimum Gasteiger partial charge on any atom is -0.466 e. The Hall–Kier alpha value is -0.870. The van der Waals surface area contributed by atoms with Crippen LogP contribution in [-0.2, 0) is 9.53 Å². The molecule has 4 heteroatoms. The van der Waals surface area contributed by atoms with Gasteiger partial charge >= 0.3 is 5.97 Å². The molecule has 0 aromatic heterocycles. The number of hydrogen-bond donors (Lipinski definition) is 2. The van der Waals surface area contributed by atoms with E-state index in [0.29, 0.717) is 19.6 Å². The van der Waals surface area contributed by atoms with Crippen LogP contribution in [0.15, 0.2) is 12.2 Å². The molecule has 22 heavy (non-hydrogen) atoms. The number of carbonyl (C=O) groups is 1. The fourth-order valence-corrected chi connectivity index (χ4v) is 2.16. The van der Waals surface area contributed by atoms with Crippen molar-refractivity contribution >= 4 is 5.97 Å². The molecular weight excluding hydrogens is 278 g/mol. The van der Waals surface area contributed by atoms with E-state index in [9.17, 15) is 4.79 Å². The van der Waals surface area contributed by atoms with E-state index < -0.39 is 0 Å². The summed E-state index contributed by atoms with van der Waals surface area (Å²) in [6.07, 6.45) is 14.7. The number of ether oxygens (including phenoxy) is 1. The van der Waals surface area contributed by atoms with Gasteiger partial charge in [-0.25, -0.2) is 0 Å². The standard InChI is InChI=1S/C18H35NO3/c1-2-3-4-5-9-12-17-22-18(21)13-10-7-6-8-11-14-19-15-16-20/h3-4,19-20H,2,5-17H2,1H3/b4-3-. The fourth-order valence-electron chi connectivity index (χ4n) is 2.16. The third-order valence-electron chi connectivity index (χ3n) is 3.45. The van der Waals surface area contributed by atoms with Gasteiger partial charge in [-0.05, 0) is 45.1 Å². The Balaban J connectivity index is 3.17. The molecule has 0 aliphatic rings. The molecule has 0 saturated heterocycles. The molecule has 0 bridgehead atoms. The summed E-state index contributed by atoms with van der Waals surface area (Å²) in [4.78, 5) is 11.5. The summed E-state index contributed by atoms with van der Waals surface area (Å²) < 4.78 is 5.22. The molecule has 0 atom stereocenters. The van der Waals surface area contributed by atoms with Crippen molar-refractivity contribution in [2.45, 2.75) is 71.1 Å². The van der Waals surface area contributed by atoms with Gasteiger partial charge in [-0.15, -0.1) is 0 Å². The normalized spacial score (nSPS) is 11.2. The number of carbonyl (C=O) groups excluding carboxylic acids is 1. The zero-order chi connectivity index (χ0) is 16.3. The maximum Gasteiger partial charge on any atom is 0.305 e. The maximum absolute atomic E-state index is 11.5. The van der Waals surface area contributed by atoms with Crippen molar-refractivity contribution in [3.8, 4) is 0 Å². The number of aliphatic hydroxyl groups excluding tert-OH is 1. The molecule has 0 heterocycles. The molecule has 130 valence electrons. The third-order valence-corrected chi connectivity index (χ3v) is 3.45. The molecule has 0 aromatic carbocycles. The van der Waals surface area contributed by atoms with Crippen molar-refractivity contribution in [3.63, 3.8) is 0 Å². The lowest BCUT2D eigenvalue weighted by atomic mass is 10.1. The van der Waals surface area contributed by atoms with E-state index in [2.05, 4.69) is 24.4 Å². The number of esters is 1. The minimum atomic E-state index is -0.0475. The fraction of sp³-hybridized carbons (Fsp3) is 0.833. The summed E-state index contributed by atoms with van der Waals surface area (Å²) in [6.45, 7) is 4.55. The van der Waals surface area contributed by atoms with Crippen molar-refractivity contribution in [3.05, 3.63) is 12.2 Å². The van der Waals surface area contributed by atoms with Gasteiger partial charge in [0, 0.05) is 13.0 Å². The van der Waals surface area contributed by atoms with Crippen molar-refractivity contribution in [1.29, 1.82) is 0 Å². The largest absolute Gasteiger partial charge is 0.466 e.